The number of esters is 2. The first-order chi connectivity index (χ1) is 10.2. The first-order valence-corrected chi connectivity index (χ1v) is 7.12. The predicted octanol–water partition coefficient (Wildman–Crippen LogP) is 1.23. The molecule has 1 rings (SSSR count). The number of pyridine rings is 1. The van der Waals surface area contributed by atoms with Gasteiger partial charge in [-0.1, -0.05) is 6.07 Å². The van der Waals surface area contributed by atoms with Crippen molar-refractivity contribution >= 4 is 11.9 Å². The molecule has 0 aromatic carbocycles. The molecule has 0 aliphatic rings. The summed E-state index contributed by atoms with van der Waals surface area (Å²) in [6, 6.07) is 3.83. The minimum absolute atomic E-state index is 0.286. The normalized spacial score (nSPS) is 10.1. The molecule has 1 aromatic heterocycles. The Kier molecular flexibility index (Phi) is 8.79. The molecule has 1 heterocycles. The summed E-state index contributed by atoms with van der Waals surface area (Å²) in [5.41, 5.74) is 6.41. The molecular formula is C15H22N2O4. The molecule has 21 heavy (non-hydrogen) atoms. The molecule has 6 nitrogen and oxygen atoms in total. The summed E-state index contributed by atoms with van der Waals surface area (Å²) >= 11 is 0. The third-order valence-electron chi connectivity index (χ3n) is 2.75. The van der Waals surface area contributed by atoms with Gasteiger partial charge in [-0.25, -0.2) is 0 Å². The summed E-state index contributed by atoms with van der Waals surface area (Å²) in [4.78, 5) is 26.7. The zero-order chi connectivity index (χ0) is 15.3. The number of carbonyl (C=O) groups excluding carboxylic acids is 2. The second-order valence-electron chi connectivity index (χ2n) is 4.58. The van der Waals surface area contributed by atoms with E-state index in [0.29, 0.717) is 26.0 Å². The zero-order valence-corrected chi connectivity index (χ0v) is 12.1. The van der Waals surface area contributed by atoms with Gasteiger partial charge < -0.3 is 15.2 Å². The maximum Gasteiger partial charge on any atom is 0.317 e. The molecule has 0 aliphatic carbocycles. The second-order valence-corrected chi connectivity index (χ2v) is 4.58. The molecule has 0 atom stereocenters. The van der Waals surface area contributed by atoms with E-state index in [1.165, 1.54) is 0 Å². The van der Waals surface area contributed by atoms with Crippen LogP contribution in [0.4, 0.5) is 0 Å². The Bertz CT molecular complexity index is 423. The highest BCUT2D eigenvalue weighted by Gasteiger charge is 2.11. The van der Waals surface area contributed by atoms with E-state index in [0.717, 1.165) is 18.4 Å². The quantitative estimate of drug-likeness (QED) is 0.396. The second kappa shape index (κ2) is 10.8. The SMILES string of the molecule is NCCCCOC(=O)CC(=O)OCCCc1cccnc1. The summed E-state index contributed by atoms with van der Waals surface area (Å²) in [5.74, 6) is -1.10. The Morgan fingerprint density at radius 1 is 1.10 bits per heavy atom. The van der Waals surface area contributed by atoms with Crippen molar-refractivity contribution in [3.05, 3.63) is 30.1 Å². The molecule has 0 spiro atoms. The molecule has 0 unspecified atom stereocenters. The maximum absolute atomic E-state index is 11.4. The number of hydrogen-bond donors (Lipinski definition) is 1. The van der Waals surface area contributed by atoms with E-state index in [2.05, 4.69) is 4.98 Å². The van der Waals surface area contributed by atoms with Crippen LogP contribution in [0.5, 0.6) is 0 Å². The van der Waals surface area contributed by atoms with Crippen LogP contribution in [0.25, 0.3) is 0 Å². The molecule has 1 aromatic rings. The Hall–Kier alpha value is -1.95. The van der Waals surface area contributed by atoms with Crippen molar-refractivity contribution in [3.63, 3.8) is 0 Å². The smallest absolute Gasteiger partial charge is 0.317 e. The number of nitrogens with two attached hydrogens (primary N) is 1. The van der Waals surface area contributed by atoms with Gasteiger partial charge in [0.1, 0.15) is 6.42 Å². The highest BCUT2D eigenvalue weighted by Crippen LogP contribution is 2.01. The average Bonchev–Trinajstić information content (AvgIpc) is 2.49. The van der Waals surface area contributed by atoms with Crippen LogP contribution in [0.15, 0.2) is 24.5 Å². The lowest BCUT2D eigenvalue weighted by Crippen LogP contribution is -2.15. The number of ether oxygens (including phenoxy) is 2. The van der Waals surface area contributed by atoms with E-state index < -0.39 is 11.9 Å². The van der Waals surface area contributed by atoms with Crippen LogP contribution in [0.1, 0.15) is 31.2 Å². The standard InChI is InChI=1S/C15H22N2O4/c16-7-1-2-9-20-14(18)11-15(19)21-10-4-6-13-5-3-8-17-12-13/h3,5,8,12H,1-2,4,6-7,9-11,16H2. The largest absolute Gasteiger partial charge is 0.465 e. The molecule has 0 amide bonds. The first-order valence-electron chi connectivity index (χ1n) is 7.12. The average molecular weight is 294 g/mol. The van der Waals surface area contributed by atoms with Gasteiger partial charge in [-0.3, -0.25) is 14.6 Å². The first kappa shape index (κ1) is 17.1. The fourth-order valence-corrected chi connectivity index (χ4v) is 1.66. The Morgan fingerprint density at radius 2 is 1.81 bits per heavy atom. The highest BCUT2D eigenvalue weighted by atomic mass is 16.6. The van der Waals surface area contributed by atoms with Crippen LogP contribution in [-0.4, -0.2) is 36.7 Å². The number of hydrogen-bond acceptors (Lipinski definition) is 6. The lowest BCUT2D eigenvalue weighted by atomic mass is 10.2. The minimum Gasteiger partial charge on any atom is -0.465 e. The van der Waals surface area contributed by atoms with Gasteiger partial charge in [0.15, 0.2) is 0 Å². The van der Waals surface area contributed by atoms with E-state index >= 15 is 0 Å². The van der Waals surface area contributed by atoms with Crippen LogP contribution in [0.2, 0.25) is 0 Å². The summed E-state index contributed by atoms with van der Waals surface area (Å²) in [6.07, 6.45) is 6.14. The number of nitrogens with zero attached hydrogens (tertiary/aromatic N) is 1. The molecule has 0 bridgehead atoms. The topological polar surface area (TPSA) is 91.5 Å². The fraction of sp³-hybridized carbons (Fsp3) is 0.533. The monoisotopic (exact) mass is 294 g/mol. The summed E-state index contributed by atoms with van der Waals surface area (Å²) in [5, 5.41) is 0. The van der Waals surface area contributed by atoms with Crippen molar-refractivity contribution in [3.8, 4) is 0 Å². The molecule has 2 N–H and O–H groups in total. The van der Waals surface area contributed by atoms with Gasteiger partial charge in [0.25, 0.3) is 0 Å². The highest BCUT2D eigenvalue weighted by molar-refractivity contribution is 5.91. The summed E-state index contributed by atoms with van der Waals surface area (Å²) in [6.45, 7) is 1.15. The van der Waals surface area contributed by atoms with Gasteiger partial charge in [0.2, 0.25) is 0 Å². The van der Waals surface area contributed by atoms with Crippen LogP contribution < -0.4 is 5.73 Å². The number of unbranched alkanes of at least 4 members (excludes halogenated alkanes) is 1. The number of rotatable bonds is 10. The number of aromatic nitrogens is 1. The van der Waals surface area contributed by atoms with Crippen molar-refractivity contribution in [1.29, 1.82) is 0 Å². The van der Waals surface area contributed by atoms with Crippen LogP contribution >= 0.6 is 0 Å². The van der Waals surface area contributed by atoms with Gasteiger partial charge in [-0.15, -0.1) is 0 Å². The van der Waals surface area contributed by atoms with Gasteiger partial charge in [0.05, 0.1) is 13.2 Å². The summed E-state index contributed by atoms with van der Waals surface area (Å²) < 4.78 is 9.87. The van der Waals surface area contributed by atoms with Crippen molar-refractivity contribution in [2.75, 3.05) is 19.8 Å². The van der Waals surface area contributed by atoms with Crippen molar-refractivity contribution < 1.29 is 19.1 Å². The van der Waals surface area contributed by atoms with E-state index in [-0.39, 0.29) is 13.0 Å². The fourth-order valence-electron chi connectivity index (χ4n) is 1.66. The van der Waals surface area contributed by atoms with E-state index in [4.69, 9.17) is 15.2 Å². The van der Waals surface area contributed by atoms with Gasteiger partial charge >= 0.3 is 11.9 Å². The van der Waals surface area contributed by atoms with Crippen LogP contribution in [0.3, 0.4) is 0 Å². The summed E-state index contributed by atoms with van der Waals surface area (Å²) in [7, 11) is 0. The molecule has 0 saturated heterocycles. The minimum atomic E-state index is -0.552. The van der Waals surface area contributed by atoms with E-state index in [9.17, 15) is 9.59 Å². The number of aryl methyl sites for hydroxylation is 1. The van der Waals surface area contributed by atoms with Crippen molar-refractivity contribution in [2.24, 2.45) is 5.73 Å². The maximum atomic E-state index is 11.4. The van der Waals surface area contributed by atoms with Crippen molar-refractivity contribution in [1.82, 2.24) is 4.98 Å². The van der Waals surface area contributed by atoms with Gasteiger partial charge in [0, 0.05) is 12.4 Å². The van der Waals surface area contributed by atoms with Gasteiger partial charge in [-0.2, -0.15) is 0 Å². The lowest BCUT2D eigenvalue weighted by Gasteiger charge is -2.06. The van der Waals surface area contributed by atoms with Gasteiger partial charge in [-0.05, 0) is 43.9 Å². The van der Waals surface area contributed by atoms with Crippen LogP contribution in [-0.2, 0) is 25.5 Å². The molecule has 0 radical (unpaired) electrons. The Morgan fingerprint density at radius 3 is 2.43 bits per heavy atom. The number of carbonyl (C=O) groups is 2. The Balaban J connectivity index is 2.04. The molecular weight excluding hydrogens is 272 g/mol. The van der Waals surface area contributed by atoms with Crippen molar-refractivity contribution in [2.45, 2.75) is 32.1 Å². The molecule has 0 aliphatic heterocycles. The lowest BCUT2D eigenvalue weighted by molar-refractivity contribution is -0.154. The van der Waals surface area contributed by atoms with E-state index in [1.54, 1.807) is 12.4 Å². The molecule has 0 fully saturated rings. The van der Waals surface area contributed by atoms with Crippen LogP contribution in [0, 0.1) is 0 Å². The Labute approximate surface area is 124 Å². The third kappa shape index (κ3) is 8.75. The zero-order valence-electron chi connectivity index (χ0n) is 12.1. The predicted molar refractivity (Wildman–Crippen MR) is 77.4 cm³/mol. The third-order valence-corrected chi connectivity index (χ3v) is 2.75. The van der Waals surface area contributed by atoms with E-state index in [1.807, 2.05) is 12.1 Å². The molecule has 116 valence electrons. The molecule has 0 saturated carbocycles. The molecule has 6 heteroatoms.